The van der Waals surface area contributed by atoms with Gasteiger partial charge in [-0.15, -0.1) is 0 Å². The van der Waals surface area contributed by atoms with Crippen LogP contribution in [0.25, 0.3) is 5.76 Å². The second kappa shape index (κ2) is 9.67. The molecule has 1 N–H and O–H groups in total. The molecule has 37 heavy (non-hydrogen) atoms. The van der Waals surface area contributed by atoms with Gasteiger partial charge < -0.3 is 24.4 Å². The van der Waals surface area contributed by atoms with Gasteiger partial charge in [0.2, 0.25) is 0 Å². The standard InChI is InChI=1S/C29H32N2O6/c1-4-5-13-30-22-10-7-6-9-21(22)29(28(30)35)24(26(33)27(34)31(29)14-8-15-36-3)25(32)19-11-12-23-20(17-19)16-18(2)37-23/h6-7,9-12,17-18,32H,4-5,8,13-16H2,1-3H3/t18-,29+/m1/s1. The molecule has 3 aliphatic rings. The van der Waals surface area contributed by atoms with Crippen molar-refractivity contribution in [1.29, 1.82) is 0 Å². The minimum absolute atomic E-state index is 0.00719. The zero-order chi connectivity index (χ0) is 26.3. The number of aliphatic hydroxyl groups is 1. The number of Topliss-reactive ketones (excluding diaryl/α,β-unsaturated/α-hetero) is 1. The van der Waals surface area contributed by atoms with Gasteiger partial charge in [0.1, 0.15) is 17.6 Å². The summed E-state index contributed by atoms with van der Waals surface area (Å²) in [5.41, 5.74) is 0.553. The number of carbonyl (C=O) groups excluding carboxylic acids is 3. The molecule has 3 aliphatic heterocycles. The fourth-order valence-electron chi connectivity index (χ4n) is 5.79. The first-order valence-electron chi connectivity index (χ1n) is 12.9. The summed E-state index contributed by atoms with van der Waals surface area (Å²) in [6, 6.07) is 12.4. The molecule has 8 heteroatoms. The van der Waals surface area contributed by atoms with E-state index in [0.29, 0.717) is 42.8 Å². The number of hydrogen-bond donors (Lipinski definition) is 1. The van der Waals surface area contributed by atoms with Gasteiger partial charge >= 0.3 is 0 Å². The number of fused-ring (bicyclic) bond motifs is 3. The van der Waals surface area contributed by atoms with E-state index in [9.17, 15) is 19.5 Å². The second-order valence-electron chi connectivity index (χ2n) is 9.85. The Balaban J connectivity index is 1.74. The van der Waals surface area contributed by atoms with Crippen LogP contribution in [0.2, 0.25) is 0 Å². The third-order valence-electron chi connectivity index (χ3n) is 7.44. The van der Waals surface area contributed by atoms with E-state index in [1.54, 1.807) is 42.3 Å². The third kappa shape index (κ3) is 3.73. The first-order chi connectivity index (χ1) is 17.9. The van der Waals surface area contributed by atoms with E-state index in [1.165, 1.54) is 4.90 Å². The molecule has 1 spiro atoms. The van der Waals surface area contributed by atoms with E-state index < -0.39 is 23.1 Å². The number of ether oxygens (including phenoxy) is 2. The molecule has 194 valence electrons. The molecule has 3 heterocycles. The lowest BCUT2D eigenvalue weighted by molar-refractivity contribution is -0.143. The monoisotopic (exact) mass is 504 g/mol. The zero-order valence-corrected chi connectivity index (χ0v) is 21.5. The lowest BCUT2D eigenvalue weighted by Gasteiger charge is -2.34. The van der Waals surface area contributed by atoms with Gasteiger partial charge in [-0.05, 0) is 49.6 Å². The second-order valence-corrected chi connectivity index (χ2v) is 9.85. The van der Waals surface area contributed by atoms with Crippen molar-refractivity contribution in [1.82, 2.24) is 4.90 Å². The van der Waals surface area contributed by atoms with Crippen LogP contribution in [0, 0.1) is 0 Å². The van der Waals surface area contributed by atoms with Gasteiger partial charge in [-0.25, -0.2) is 0 Å². The highest BCUT2D eigenvalue weighted by Crippen LogP contribution is 2.53. The predicted octanol–water partition coefficient (Wildman–Crippen LogP) is 3.77. The molecule has 1 saturated heterocycles. The van der Waals surface area contributed by atoms with Crippen LogP contribution in [0.15, 0.2) is 48.0 Å². The van der Waals surface area contributed by atoms with Crippen molar-refractivity contribution < 1.29 is 29.0 Å². The Morgan fingerprint density at radius 1 is 1.14 bits per heavy atom. The fraction of sp³-hybridized carbons (Fsp3) is 0.414. The number of likely N-dealkylation sites (tertiary alicyclic amines) is 1. The molecule has 0 radical (unpaired) electrons. The average molecular weight is 505 g/mol. The Kier molecular flexibility index (Phi) is 6.54. The molecule has 2 aromatic carbocycles. The summed E-state index contributed by atoms with van der Waals surface area (Å²) < 4.78 is 11.0. The van der Waals surface area contributed by atoms with Crippen molar-refractivity contribution in [2.75, 3.05) is 31.7 Å². The van der Waals surface area contributed by atoms with Crippen molar-refractivity contribution in [3.05, 3.63) is 64.7 Å². The number of hydrogen-bond acceptors (Lipinski definition) is 6. The highest BCUT2D eigenvalue weighted by Gasteiger charge is 2.66. The van der Waals surface area contributed by atoms with Crippen LogP contribution in [0.1, 0.15) is 49.8 Å². The van der Waals surface area contributed by atoms with Crippen LogP contribution in [0.4, 0.5) is 5.69 Å². The number of carbonyl (C=O) groups is 3. The van der Waals surface area contributed by atoms with Crippen LogP contribution in [-0.2, 0) is 31.1 Å². The van der Waals surface area contributed by atoms with Crippen molar-refractivity contribution in [3.63, 3.8) is 0 Å². The van der Waals surface area contributed by atoms with Crippen molar-refractivity contribution in [3.8, 4) is 5.75 Å². The molecule has 0 bridgehead atoms. The number of aliphatic hydroxyl groups excluding tert-OH is 1. The topological polar surface area (TPSA) is 96.4 Å². The predicted molar refractivity (Wildman–Crippen MR) is 138 cm³/mol. The van der Waals surface area contributed by atoms with Gasteiger partial charge in [-0.1, -0.05) is 31.5 Å². The first-order valence-corrected chi connectivity index (χ1v) is 12.9. The molecule has 0 unspecified atom stereocenters. The van der Waals surface area contributed by atoms with Crippen molar-refractivity contribution in [2.45, 2.75) is 51.2 Å². The quantitative estimate of drug-likeness (QED) is 0.255. The summed E-state index contributed by atoms with van der Waals surface area (Å²) in [5.74, 6) is -1.67. The van der Waals surface area contributed by atoms with Gasteiger partial charge in [-0.2, -0.15) is 0 Å². The molecule has 2 amide bonds. The summed E-state index contributed by atoms with van der Waals surface area (Å²) in [6.45, 7) is 4.94. The Labute approximate surface area is 216 Å². The number of ketones is 1. The maximum atomic E-state index is 14.4. The Bertz CT molecular complexity index is 1300. The zero-order valence-electron chi connectivity index (χ0n) is 21.5. The number of anilines is 1. The smallest absolute Gasteiger partial charge is 0.296 e. The van der Waals surface area contributed by atoms with Crippen molar-refractivity contribution in [2.24, 2.45) is 0 Å². The number of methoxy groups -OCH3 is 1. The van der Waals surface area contributed by atoms with E-state index in [1.807, 2.05) is 26.0 Å². The molecule has 1 fully saturated rings. The summed E-state index contributed by atoms with van der Waals surface area (Å²) in [7, 11) is 1.56. The SMILES string of the molecule is CCCCN1C(=O)[C@@]2(C(=C(O)c3ccc4c(c3)C[C@@H](C)O4)C(=O)C(=O)N2CCCOC)c2ccccc21. The van der Waals surface area contributed by atoms with Crippen LogP contribution < -0.4 is 9.64 Å². The van der Waals surface area contributed by atoms with Crippen LogP contribution >= 0.6 is 0 Å². The van der Waals surface area contributed by atoms with E-state index in [0.717, 1.165) is 24.2 Å². The molecular formula is C29H32N2O6. The number of para-hydroxylation sites is 1. The molecule has 0 aromatic heterocycles. The van der Waals surface area contributed by atoms with Gasteiger partial charge in [0.25, 0.3) is 17.6 Å². The van der Waals surface area contributed by atoms with Crippen LogP contribution in [-0.4, -0.2) is 60.5 Å². The summed E-state index contributed by atoms with van der Waals surface area (Å²) >= 11 is 0. The molecule has 0 saturated carbocycles. The minimum Gasteiger partial charge on any atom is -0.507 e. The molecular weight excluding hydrogens is 472 g/mol. The van der Waals surface area contributed by atoms with E-state index in [2.05, 4.69) is 0 Å². The van der Waals surface area contributed by atoms with Crippen LogP contribution in [0.5, 0.6) is 5.75 Å². The highest BCUT2D eigenvalue weighted by atomic mass is 16.5. The fourth-order valence-corrected chi connectivity index (χ4v) is 5.79. The van der Waals surface area contributed by atoms with Gasteiger partial charge in [0.05, 0.1) is 11.3 Å². The molecule has 8 nitrogen and oxygen atoms in total. The maximum Gasteiger partial charge on any atom is 0.296 e. The van der Waals surface area contributed by atoms with E-state index in [4.69, 9.17) is 9.47 Å². The summed E-state index contributed by atoms with van der Waals surface area (Å²) in [5, 5.41) is 11.7. The Hall–Kier alpha value is -3.65. The first kappa shape index (κ1) is 25.0. The lowest BCUT2D eigenvalue weighted by atomic mass is 9.81. The van der Waals surface area contributed by atoms with Gasteiger partial charge in [-0.3, -0.25) is 14.4 Å². The van der Waals surface area contributed by atoms with Gasteiger partial charge in [0, 0.05) is 44.4 Å². The van der Waals surface area contributed by atoms with Crippen molar-refractivity contribution >= 4 is 29.0 Å². The van der Waals surface area contributed by atoms with Gasteiger partial charge in [0.15, 0.2) is 5.54 Å². The average Bonchev–Trinajstić information content (AvgIpc) is 3.46. The van der Waals surface area contributed by atoms with E-state index >= 15 is 0 Å². The van der Waals surface area contributed by atoms with Crippen LogP contribution in [0.3, 0.4) is 0 Å². The molecule has 5 rings (SSSR count). The molecule has 2 atom stereocenters. The lowest BCUT2D eigenvalue weighted by Crippen LogP contribution is -2.52. The number of benzene rings is 2. The third-order valence-corrected chi connectivity index (χ3v) is 7.44. The Morgan fingerprint density at radius 2 is 1.92 bits per heavy atom. The Morgan fingerprint density at radius 3 is 2.68 bits per heavy atom. The minimum atomic E-state index is -1.74. The summed E-state index contributed by atoms with van der Waals surface area (Å²) in [4.78, 5) is 44.5. The van der Waals surface area contributed by atoms with E-state index in [-0.39, 0.29) is 24.0 Å². The molecule has 0 aliphatic carbocycles. The summed E-state index contributed by atoms with van der Waals surface area (Å²) in [6.07, 6.45) is 2.74. The maximum absolute atomic E-state index is 14.4. The normalized spacial score (nSPS) is 23.6. The number of unbranched alkanes of at least 4 members (excludes halogenated alkanes) is 1. The molecule has 2 aromatic rings. The largest absolute Gasteiger partial charge is 0.507 e. The number of nitrogens with zero attached hydrogens (tertiary/aromatic N) is 2. The number of rotatable bonds is 8. The number of amides is 2. The highest BCUT2D eigenvalue weighted by molar-refractivity contribution is 6.50.